The molecule has 0 radical (unpaired) electrons. The molecule has 23 heavy (non-hydrogen) atoms. The monoisotopic (exact) mass is 375 g/mol. The summed E-state index contributed by atoms with van der Waals surface area (Å²) in [6, 6.07) is 11.4. The molecule has 0 fully saturated rings. The average Bonchev–Trinajstić information content (AvgIpc) is 2.54. The minimum atomic E-state index is 0. The van der Waals surface area contributed by atoms with Gasteiger partial charge in [-0.25, -0.2) is 0 Å². The zero-order chi connectivity index (χ0) is 15.9. The normalized spacial score (nSPS) is 10.1. The number of halogens is 3. The highest BCUT2D eigenvalue weighted by Gasteiger charge is 2.07. The number of hydrogen-bond acceptors (Lipinski definition) is 3. The van der Waals surface area contributed by atoms with Crippen molar-refractivity contribution in [2.75, 3.05) is 13.7 Å². The van der Waals surface area contributed by atoms with Gasteiger partial charge in [-0.05, 0) is 41.9 Å². The van der Waals surface area contributed by atoms with Gasteiger partial charge in [0.15, 0.2) is 11.5 Å². The molecule has 0 saturated heterocycles. The first kappa shape index (κ1) is 19.9. The summed E-state index contributed by atoms with van der Waals surface area (Å²) in [4.78, 5) is 0. The van der Waals surface area contributed by atoms with Crippen LogP contribution < -0.4 is 14.8 Å². The molecule has 0 atom stereocenters. The van der Waals surface area contributed by atoms with Crippen LogP contribution in [-0.4, -0.2) is 13.7 Å². The highest BCUT2D eigenvalue weighted by Crippen LogP contribution is 2.29. The second-order valence-corrected chi connectivity index (χ2v) is 5.62. The van der Waals surface area contributed by atoms with E-state index in [0.717, 1.165) is 30.0 Å². The summed E-state index contributed by atoms with van der Waals surface area (Å²) in [6.07, 6.45) is 0. The average molecular weight is 377 g/mol. The lowest BCUT2D eigenvalue weighted by molar-refractivity contribution is 0.284. The topological polar surface area (TPSA) is 30.5 Å². The molecule has 0 spiro atoms. The third kappa shape index (κ3) is 5.78. The number of hydrogen-bond donors (Lipinski definition) is 1. The van der Waals surface area contributed by atoms with Crippen molar-refractivity contribution in [1.82, 2.24) is 5.32 Å². The van der Waals surface area contributed by atoms with E-state index in [0.29, 0.717) is 22.4 Å². The summed E-state index contributed by atoms with van der Waals surface area (Å²) in [7, 11) is 1.64. The Balaban J connectivity index is 0.00000264. The van der Waals surface area contributed by atoms with E-state index in [2.05, 4.69) is 12.2 Å². The van der Waals surface area contributed by atoms with Crippen LogP contribution in [0.3, 0.4) is 0 Å². The van der Waals surface area contributed by atoms with Gasteiger partial charge >= 0.3 is 0 Å². The van der Waals surface area contributed by atoms with Crippen LogP contribution in [0.15, 0.2) is 36.4 Å². The maximum absolute atomic E-state index is 6.00. The summed E-state index contributed by atoms with van der Waals surface area (Å²) in [5.41, 5.74) is 2.11. The van der Waals surface area contributed by atoms with Gasteiger partial charge in [0.1, 0.15) is 6.61 Å². The van der Waals surface area contributed by atoms with Gasteiger partial charge in [0.2, 0.25) is 0 Å². The summed E-state index contributed by atoms with van der Waals surface area (Å²) in [5, 5.41) is 4.34. The minimum Gasteiger partial charge on any atom is -0.493 e. The smallest absolute Gasteiger partial charge is 0.161 e. The highest BCUT2D eigenvalue weighted by molar-refractivity contribution is 6.42. The summed E-state index contributed by atoms with van der Waals surface area (Å²) in [6.45, 7) is 4.21. The Labute approximate surface area is 153 Å². The molecule has 0 saturated carbocycles. The molecule has 2 aromatic carbocycles. The summed E-state index contributed by atoms with van der Waals surface area (Å²) >= 11 is 11.9. The Morgan fingerprint density at radius 2 is 1.70 bits per heavy atom. The molecule has 6 heteroatoms. The number of ether oxygens (including phenoxy) is 2. The van der Waals surface area contributed by atoms with Gasteiger partial charge in [-0.15, -0.1) is 12.4 Å². The molecule has 0 amide bonds. The zero-order valence-electron chi connectivity index (χ0n) is 13.1. The molecule has 0 aliphatic carbocycles. The Morgan fingerprint density at radius 3 is 2.35 bits per heavy atom. The van der Waals surface area contributed by atoms with Gasteiger partial charge < -0.3 is 14.8 Å². The van der Waals surface area contributed by atoms with Crippen LogP contribution in [0.5, 0.6) is 11.5 Å². The molecule has 1 N–H and O–H groups in total. The molecule has 0 heterocycles. The highest BCUT2D eigenvalue weighted by atomic mass is 35.5. The van der Waals surface area contributed by atoms with E-state index in [-0.39, 0.29) is 12.4 Å². The first-order valence-electron chi connectivity index (χ1n) is 7.08. The van der Waals surface area contributed by atoms with E-state index in [4.69, 9.17) is 32.7 Å². The Morgan fingerprint density at radius 1 is 0.957 bits per heavy atom. The van der Waals surface area contributed by atoms with Crippen molar-refractivity contribution in [3.63, 3.8) is 0 Å². The van der Waals surface area contributed by atoms with Crippen molar-refractivity contribution in [1.29, 1.82) is 0 Å². The van der Waals surface area contributed by atoms with Gasteiger partial charge in [0, 0.05) is 6.54 Å². The third-order valence-corrected chi connectivity index (χ3v) is 3.92. The molecule has 3 nitrogen and oxygen atoms in total. The van der Waals surface area contributed by atoms with Crippen LogP contribution in [0.2, 0.25) is 10.0 Å². The number of methoxy groups -OCH3 is 1. The summed E-state index contributed by atoms with van der Waals surface area (Å²) in [5.74, 6) is 1.42. The lowest BCUT2D eigenvalue weighted by atomic mass is 10.2. The Bertz CT molecular complexity index is 635. The van der Waals surface area contributed by atoms with Crippen LogP contribution in [-0.2, 0) is 13.2 Å². The van der Waals surface area contributed by atoms with Crippen molar-refractivity contribution < 1.29 is 9.47 Å². The van der Waals surface area contributed by atoms with Gasteiger partial charge in [-0.3, -0.25) is 0 Å². The fourth-order valence-corrected chi connectivity index (χ4v) is 2.32. The van der Waals surface area contributed by atoms with E-state index in [1.54, 1.807) is 19.2 Å². The molecule has 0 unspecified atom stereocenters. The fraction of sp³-hybridized carbons (Fsp3) is 0.294. The van der Waals surface area contributed by atoms with Crippen LogP contribution in [0.1, 0.15) is 18.1 Å². The maximum atomic E-state index is 6.00. The second-order valence-electron chi connectivity index (χ2n) is 4.80. The fourth-order valence-electron chi connectivity index (χ4n) is 2.00. The standard InChI is InChI=1S/C17H19Cl2NO2.ClH/c1-3-20-10-12-5-7-16(17(9-12)21-2)22-11-13-4-6-14(18)15(19)8-13;/h4-9,20H,3,10-11H2,1-2H3;1H. The van der Waals surface area contributed by atoms with Crippen molar-refractivity contribution in [2.45, 2.75) is 20.1 Å². The summed E-state index contributed by atoms with van der Waals surface area (Å²) < 4.78 is 11.2. The van der Waals surface area contributed by atoms with Gasteiger partial charge in [-0.1, -0.05) is 42.3 Å². The molecular formula is C17H20Cl3NO2. The Hall–Kier alpha value is -1.13. The maximum Gasteiger partial charge on any atom is 0.161 e. The quantitative estimate of drug-likeness (QED) is 0.728. The molecular weight excluding hydrogens is 357 g/mol. The Kier molecular flexibility index (Phi) is 8.56. The predicted octanol–water partition coefficient (Wildman–Crippen LogP) is 5.11. The molecule has 0 aromatic heterocycles. The van der Waals surface area contributed by atoms with Gasteiger partial charge in [-0.2, -0.15) is 0 Å². The number of benzene rings is 2. The van der Waals surface area contributed by atoms with E-state index in [9.17, 15) is 0 Å². The number of nitrogens with one attached hydrogen (secondary N) is 1. The molecule has 0 bridgehead atoms. The molecule has 0 aliphatic heterocycles. The van der Waals surface area contributed by atoms with Crippen molar-refractivity contribution >= 4 is 35.6 Å². The predicted molar refractivity (Wildman–Crippen MR) is 98.4 cm³/mol. The van der Waals surface area contributed by atoms with Gasteiger partial charge in [0.25, 0.3) is 0 Å². The van der Waals surface area contributed by atoms with E-state index in [1.165, 1.54) is 0 Å². The van der Waals surface area contributed by atoms with Crippen LogP contribution in [0, 0.1) is 0 Å². The molecule has 0 aliphatic rings. The molecule has 126 valence electrons. The van der Waals surface area contributed by atoms with Crippen molar-refractivity contribution in [3.05, 3.63) is 57.6 Å². The third-order valence-electron chi connectivity index (χ3n) is 3.19. The number of rotatable bonds is 7. The van der Waals surface area contributed by atoms with Crippen LogP contribution in [0.25, 0.3) is 0 Å². The van der Waals surface area contributed by atoms with Gasteiger partial charge in [0.05, 0.1) is 17.2 Å². The van der Waals surface area contributed by atoms with E-state index >= 15 is 0 Å². The van der Waals surface area contributed by atoms with E-state index in [1.807, 2.05) is 24.3 Å². The lowest BCUT2D eigenvalue weighted by Gasteiger charge is -2.13. The van der Waals surface area contributed by atoms with Crippen LogP contribution in [0.4, 0.5) is 0 Å². The van der Waals surface area contributed by atoms with Crippen molar-refractivity contribution in [2.24, 2.45) is 0 Å². The lowest BCUT2D eigenvalue weighted by Crippen LogP contribution is -2.11. The second kappa shape index (κ2) is 9.89. The first-order valence-corrected chi connectivity index (χ1v) is 7.84. The van der Waals surface area contributed by atoms with E-state index < -0.39 is 0 Å². The molecule has 2 rings (SSSR count). The minimum absolute atomic E-state index is 0. The molecule has 2 aromatic rings. The zero-order valence-corrected chi connectivity index (χ0v) is 15.4. The van der Waals surface area contributed by atoms with Crippen molar-refractivity contribution in [3.8, 4) is 11.5 Å². The first-order chi connectivity index (χ1) is 10.6. The largest absolute Gasteiger partial charge is 0.493 e. The van der Waals surface area contributed by atoms with Crippen LogP contribution >= 0.6 is 35.6 Å². The SMILES string of the molecule is CCNCc1ccc(OCc2ccc(Cl)c(Cl)c2)c(OC)c1.Cl.